The van der Waals surface area contributed by atoms with Gasteiger partial charge in [0.1, 0.15) is 11.5 Å². The van der Waals surface area contributed by atoms with E-state index < -0.39 is 0 Å². The van der Waals surface area contributed by atoms with Crippen LogP contribution < -0.4 is 20.1 Å². The highest BCUT2D eigenvalue weighted by atomic mass is 16.5. The van der Waals surface area contributed by atoms with Gasteiger partial charge in [-0.3, -0.25) is 4.99 Å². The van der Waals surface area contributed by atoms with Crippen LogP contribution in [0, 0.1) is 11.3 Å². The van der Waals surface area contributed by atoms with Crippen molar-refractivity contribution in [1.29, 1.82) is 5.26 Å². The van der Waals surface area contributed by atoms with E-state index in [2.05, 4.69) is 21.7 Å². The Labute approximate surface area is 154 Å². The van der Waals surface area contributed by atoms with Crippen LogP contribution in [-0.4, -0.2) is 27.2 Å². The third kappa shape index (κ3) is 4.90. The lowest BCUT2D eigenvalue weighted by Gasteiger charge is -2.21. The van der Waals surface area contributed by atoms with Crippen molar-refractivity contribution in [1.82, 2.24) is 10.6 Å². The molecule has 0 aromatic heterocycles. The largest absolute Gasteiger partial charge is 0.497 e. The number of methoxy groups -OCH3 is 2. The number of aliphatic imine (C=N–C) groups is 1. The van der Waals surface area contributed by atoms with Crippen molar-refractivity contribution in [2.45, 2.75) is 19.5 Å². The minimum Gasteiger partial charge on any atom is -0.497 e. The highest BCUT2D eigenvalue weighted by Crippen LogP contribution is 2.29. The molecule has 0 aliphatic carbocycles. The number of hydrogen-bond donors (Lipinski definition) is 2. The monoisotopic (exact) mass is 352 g/mol. The Morgan fingerprint density at radius 1 is 1.19 bits per heavy atom. The number of guanidine groups is 1. The maximum atomic E-state index is 8.99. The van der Waals surface area contributed by atoms with Crippen molar-refractivity contribution in [2.24, 2.45) is 4.99 Å². The fraction of sp³-hybridized carbons (Fsp3) is 0.300. The van der Waals surface area contributed by atoms with Crippen LogP contribution in [0.3, 0.4) is 0 Å². The van der Waals surface area contributed by atoms with Crippen molar-refractivity contribution in [3.05, 3.63) is 59.2 Å². The van der Waals surface area contributed by atoms with E-state index in [1.165, 1.54) is 0 Å². The summed E-state index contributed by atoms with van der Waals surface area (Å²) in [6.45, 7) is 2.59. The van der Waals surface area contributed by atoms with E-state index in [1.54, 1.807) is 27.3 Å². The van der Waals surface area contributed by atoms with Gasteiger partial charge < -0.3 is 20.1 Å². The van der Waals surface area contributed by atoms with Crippen LogP contribution >= 0.6 is 0 Å². The first-order chi connectivity index (χ1) is 12.6. The molecule has 2 rings (SSSR count). The summed E-state index contributed by atoms with van der Waals surface area (Å²) in [5.74, 6) is 2.21. The van der Waals surface area contributed by atoms with Crippen LogP contribution in [0.5, 0.6) is 11.5 Å². The maximum absolute atomic E-state index is 8.99. The first kappa shape index (κ1) is 19.1. The molecular weight excluding hydrogens is 328 g/mol. The van der Waals surface area contributed by atoms with Gasteiger partial charge in [0.25, 0.3) is 0 Å². The molecule has 26 heavy (non-hydrogen) atoms. The number of nitriles is 1. The topological polar surface area (TPSA) is 78.7 Å². The van der Waals surface area contributed by atoms with Crippen LogP contribution in [0.25, 0.3) is 0 Å². The quantitative estimate of drug-likeness (QED) is 0.617. The minimum absolute atomic E-state index is 0.0447. The Balaban J connectivity index is 2.06. The van der Waals surface area contributed by atoms with Gasteiger partial charge in [-0.05, 0) is 42.8 Å². The van der Waals surface area contributed by atoms with Gasteiger partial charge in [0.2, 0.25) is 0 Å². The number of nitrogens with zero attached hydrogens (tertiary/aromatic N) is 2. The molecule has 0 heterocycles. The Hall–Kier alpha value is -3.20. The number of ether oxygens (including phenoxy) is 2. The molecule has 0 aliphatic rings. The van der Waals surface area contributed by atoms with Crippen molar-refractivity contribution >= 4 is 5.96 Å². The molecule has 0 bridgehead atoms. The summed E-state index contributed by atoms with van der Waals surface area (Å²) in [5.41, 5.74) is 2.63. The second kappa shape index (κ2) is 9.33. The molecule has 0 saturated carbocycles. The van der Waals surface area contributed by atoms with Crippen LogP contribution in [0.15, 0.2) is 47.5 Å². The van der Waals surface area contributed by atoms with Gasteiger partial charge in [-0.1, -0.05) is 12.1 Å². The number of benzene rings is 2. The van der Waals surface area contributed by atoms with Crippen molar-refractivity contribution in [2.75, 3.05) is 21.3 Å². The van der Waals surface area contributed by atoms with Crippen LogP contribution in [-0.2, 0) is 6.54 Å². The van der Waals surface area contributed by atoms with E-state index in [0.717, 1.165) is 22.6 Å². The molecule has 2 N–H and O–H groups in total. The first-order valence-electron chi connectivity index (χ1n) is 8.29. The molecule has 136 valence electrons. The normalized spacial score (nSPS) is 12.0. The lowest BCUT2D eigenvalue weighted by atomic mass is 10.1. The summed E-state index contributed by atoms with van der Waals surface area (Å²) in [6.07, 6.45) is 0. The van der Waals surface area contributed by atoms with Gasteiger partial charge >= 0.3 is 0 Å². The zero-order chi connectivity index (χ0) is 18.9. The molecular formula is C20H24N4O2. The van der Waals surface area contributed by atoms with Crippen molar-refractivity contribution in [3.63, 3.8) is 0 Å². The lowest BCUT2D eigenvalue weighted by molar-refractivity contribution is 0.394. The molecule has 2 aromatic rings. The van der Waals surface area contributed by atoms with Gasteiger partial charge in [-0.25, -0.2) is 0 Å². The van der Waals surface area contributed by atoms with Crippen LogP contribution in [0.2, 0.25) is 0 Å². The van der Waals surface area contributed by atoms with Gasteiger partial charge in [0.05, 0.1) is 31.9 Å². The van der Waals surface area contributed by atoms with Crippen molar-refractivity contribution < 1.29 is 9.47 Å². The van der Waals surface area contributed by atoms with Crippen LogP contribution in [0.1, 0.15) is 29.7 Å². The molecule has 6 nitrogen and oxygen atoms in total. The Morgan fingerprint density at radius 2 is 2.00 bits per heavy atom. The van der Waals surface area contributed by atoms with E-state index in [4.69, 9.17) is 14.7 Å². The van der Waals surface area contributed by atoms with E-state index in [9.17, 15) is 0 Å². The summed E-state index contributed by atoms with van der Waals surface area (Å²) in [5, 5.41) is 15.6. The number of rotatable bonds is 6. The summed E-state index contributed by atoms with van der Waals surface area (Å²) in [4.78, 5) is 4.27. The maximum Gasteiger partial charge on any atom is 0.191 e. The lowest BCUT2D eigenvalue weighted by Crippen LogP contribution is -2.38. The molecule has 0 radical (unpaired) electrons. The standard InChI is InChI=1S/C20H24N4O2/c1-14(18-11-17(25-3)8-9-19(18)26-4)24-20(22-2)23-13-16-7-5-6-15(10-16)12-21/h5-11,14H,13H2,1-4H3,(H2,22,23,24). The SMILES string of the molecule is CN=C(NCc1cccc(C#N)c1)NC(C)c1cc(OC)ccc1OC. The third-order valence-corrected chi connectivity index (χ3v) is 4.00. The number of nitrogens with one attached hydrogen (secondary N) is 2. The molecule has 0 aliphatic heterocycles. The molecule has 2 aromatic carbocycles. The molecule has 1 unspecified atom stereocenters. The van der Waals surface area contributed by atoms with E-state index in [-0.39, 0.29) is 6.04 Å². The zero-order valence-electron chi connectivity index (χ0n) is 15.5. The predicted octanol–water partition coefficient (Wildman–Crippen LogP) is 3.00. The second-order valence-electron chi connectivity index (χ2n) is 5.71. The molecule has 0 fully saturated rings. The highest BCUT2D eigenvalue weighted by molar-refractivity contribution is 5.80. The smallest absolute Gasteiger partial charge is 0.191 e. The summed E-state index contributed by atoms with van der Waals surface area (Å²) in [6, 6.07) is 15.3. The minimum atomic E-state index is -0.0447. The third-order valence-electron chi connectivity index (χ3n) is 4.00. The van der Waals surface area contributed by atoms with Crippen LogP contribution in [0.4, 0.5) is 0 Å². The molecule has 1 atom stereocenters. The fourth-order valence-electron chi connectivity index (χ4n) is 2.59. The Bertz CT molecular complexity index is 812. The molecule has 0 spiro atoms. The average Bonchev–Trinajstić information content (AvgIpc) is 2.70. The van der Waals surface area contributed by atoms with Crippen molar-refractivity contribution in [3.8, 4) is 17.6 Å². The predicted molar refractivity (Wildman–Crippen MR) is 102 cm³/mol. The van der Waals surface area contributed by atoms with E-state index in [0.29, 0.717) is 18.1 Å². The second-order valence-corrected chi connectivity index (χ2v) is 5.71. The number of hydrogen-bond acceptors (Lipinski definition) is 4. The van der Waals surface area contributed by atoms with Gasteiger partial charge in [0, 0.05) is 19.2 Å². The Kier molecular flexibility index (Phi) is 6.86. The molecule has 0 saturated heterocycles. The summed E-state index contributed by atoms with van der Waals surface area (Å²) in [7, 11) is 5.00. The fourth-order valence-corrected chi connectivity index (χ4v) is 2.59. The van der Waals surface area contributed by atoms with Gasteiger partial charge in [-0.15, -0.1) is 0 Å². The first-order valence-corrected chi connectivity index (χ1v) is 8.29. The summed E-state index contributed by atoms with van der Waals surface area (Å²) < 4.78 is 10.8. The summed E-state index contributed by atoms with van der Waals surface area (Å²) >= 11 is 0. The van der Waals surface area contributed by atoms with Gasteiger partial charge in [-0.2, -0.15) is 5.26 Å². The molecule has 6 heteroatoms. The zero-order valence-corrected chi connectivity index (χ0v) is 15.5. The molecule has 0 amide bonds. The average molecular weight is 352 g/mol. The van der Waals surface area contributed by atoms with E-state index >= 15 is 0 Å². The van der Waals surface area contributed by atoms with Gasteiger partial charge in [0.15, 0.2) is 5.96 Å². The van der Waals surface area contributed by atoms with E-state index in [1.807, 2.05) is 43.3 Å². The Morgan fingerprint density at radius 3 is 2.65 bits per heavy atom. The highest BCUT2D eigenvalue weighted by Gasteiger charge is 2.14.